The number of aliphatic carboxylic acids is 1. The molecule has 0 aromatic heterocycles. The first kappa shape index (κ1) is 15.8. The van der Waals surface area contributed by atoms with Crippen LogP contribution >= 0.6 is 0 Å². The second-order valence-electron chi connectivity index (χ2n) is 5.63. The highest BCUT2D eigenvalue weighted by molar-refractivity contribution is 5.77. The quantitative estimate of drug-likeness (QED) is 0.805. The molecule has 1 fully saturated rings. The first-order valence-corrected chi connectivity index (χ1v) is 7.21. The largest absolute Gasteiger partial charge is 0.481 e. The van der Waals surface area contributed by atoms with Crippen molar-refractivity contribution in [2.24, 2.45) is 11.3 Å². The number of carboxylic acids is 1. The highest BCUT2D eigenvalue weighted by atomic mass is 16.4. The van der Waals surface area contributed by atoms with Gasteiger partial charge in [0.05, 0.1) is 5.41 Å². The van der Waals surface area contributed by atoms with E-state index in [1.165, 1.54) is 0 Å². The smallest absolute Gasteiger partial charge is 0.317 e. The highest BCUT2D eigenvalue weighted by Crippen LogP contribution is 2.35. The van der Waals surface area contributed by atoms with Gasteiger partial charge in [0.1, 0.15) is 0 Å². The molecule has 2 N–H and O–H groups in total. The molecule has 1 unspecified atom stereocenters. The van der Waals surface area contributed by atoms with Crippen LogP contribution in [-0.4, -0.2) is 41.6 Å². The first-order chi connectivity index (χ1) is 8.95. The molecule has 5 nitrogen and oxygen atoms in total. The molecule has 1 aliphatic heterocycles. The second-order valence-corrected chi connectivity index (χ2v) is 5.63. The summed E-state index contributed by atoms with van der Waals surface area (Å²) in [6.45, 7) is 7.86. The van der Waals surface area contributed by atoms with Gasteiger partial charge in [-0.1, -0.05) is 27.2 Å². The van der Waals surface area contributed by atoms with Gasteiger partial charge in [-0.15, -0.1) is 0 Å². The SMILES string of the molecule is CCC(C)CNC(=O)N1CCC(CC)(C(=O)O)CC1. The average molecular weight is 270 g/mol. The Morgan fingerprint density at radius 2 is 1.89 bits per heavy atom. The summed E-state index contributed by atoms with van der Waals surface area (Å²) >= 11 is 0. The monoisotopic (exact) mass is 270 g/mol. The fourth-order valence-corrected chi connectivity index (χ4v) is 2.37. The molecular weight excluding hydrogens is 244 g/mol. The van der Waals surface area contributed by atoms with E-state index in [2.05, 4.69) is 19.2 Å². The number of carbonyl (C=O) groups excluding carboxylic acids is 1. The Kier molecular flexibility index (Phi) is 5.63. The van der Waals surface area contributed by atoms with Crippen LogP contribution < -0.4 is 5.32 Å². The summed E-state index contributed by atoms with van der Waals surface area (Å²) in [6, 6.07) is -0.0598. The van der Waals surface area contributed by atoms with Gasteiger partial charge in [0.15, 0.2) is 0 Å². The number of piperidine rings is 1. The predicted octanol–water partition coefficient (Wildman–Crippen LogP) is 2.32. The van der Waals surface area contributed by atoms with Gasteiger partial charge in [0, 0.05) is 19.6 Å². The van der Waals surface area contributed by atoms with E-state index in [0.29, 0.717) is 44.8 Å². The predicted molar refractivity (Wildman–Crippen MR) is 74.0 cm³/mol. The van der Waals surface area contributed by atoms with E-state index in [-0.39, 0.29) is 6.03 Å². The molecule has 1 aliphatic rings. The number of rotatable bonds is 5. The molecule has 1 rings (SSSR count). The number of carboxylic acid groups (broad SMARTS) is 1. The summed E-state index contributed by atoms with van der Waals surface area (Å²) in [7, 11) is 0. The van der Waals surface area contributed by atoms with Crippen LogP contribution in [0.3, 0.4) is 0 Å². The minimum absolute atomic E-state index is 0.0598. The van der Waals surface area contributed by atoms with Gasteiger partial charge < -0.3 is 15.3 Å². The van der Waals surface area contributed by atoms with Gasteiger partial charge in [-0.2, -0.15) is 0 Å². The zero-order valence-corrected chi connectivity index (χ0v) is 12.2. The zero-order valence-electron chi connectivity index (χ0n) is 12.2. The highest BCUT2D eigenvalue weighted by Gasteiger charge is 2.40. The average Bonchev–Trinajstić information content (AvgIpc) is 2.44. The molecule has 0 aromatic carbocycles. The van der Waals surface area contributed by atoms with Crippen molar-refractivity contribution in [1.29, 1.82) is 0 Å². The van der Waals surface area contributed by atoms with E-state index in [1.54, 1.807) is 4.90 Å². The van der Waals surface area contributed by atoms with Crippen molar-refractivity contribution in [3.8, 4) is 0 Å². The Morgan fingerprint density at radius 1 is 1.32 bits per heavy atom. The molecule has 0 saturated carbocycles. The van der Waals surface area contributed by atoms with Crippen molar-refractivity contribution < 1.29 is 14.7 Å². The third-order valence-electron chi connectivity index (χ3n) is 4.44. The van der Waals surface area contributed by atoms with Gasteiger partial charge >= 0.3 is 12.0 Å². The second kappa shape index (κ2) is 6.78. The van der Waals surface area contributed by atoms with E-state index in [0.717, 1.165) is 6.42 Å². The summed E-state index contributed by atoms with van der Waals surface area (Å²) in [5.41, 5.74) is -0.631. The maximum absolute atomic E-state index is 12.0. The van der Waals surface area contributed by atoms with Crippen LogP contribution in [0.4, 0.5) is 4.79 Å². The van der Waals surface area contributed by atoms with E-state index in [1.807, 2.05) is 6.92 Å². The van der Waals surface area contributed by atoms with Gasteiger partial charge in [0.25, 0.3) is 0 Å². The van der Waals surface area contributed by atoms with Gasteiger partial charge in [-0.3, -0.25) is 4.79 Å². The summed E-state index contributed by atoms with van der Waals surface area (Å²) in [6.07, 6.45) is 2.77. The number of hydrogen-bond donors (Lipinski definition) is 2. The number of carbonyl (C=O) groups is 2. The molecule has 1 heterocycles. The molecule has 0 aliphatic carbocycles. The minimum Gasteiger partial charge on any atom is -0.481 e. The lowest BCUT2D eigenvalue weighted by Crippen LogP contribution is -2.50. The summed E-state index contributed by atoms with van der Waals surface area (Å²) in [5.74, 6) is -0.253. The molecule has 5 heteroatoms. The number of likely N-dealkylation sites (tertiary alicyclic amines) is 1. The third-order valence-corrected chi connectivity index (χ3v) is 4.44. The molecule has 0 aromatic rings. The molecule has 110 valence electrons. The lowest BCUT2D eigenvalue weighted by molar-refractivity contribution is -0.151. The summed E-state index contributed by atoms with van der Waals surface area (Å²) < 4.78 is 0. The number of amides is 2. The topological polar surface area (TPSA) is 69.6 Å². The van der Waals surface area contributed by atoms with Crippen molar-refractivity contribution >= 4 is 12.0 Å². The fraction of sp³-hybridized carbons (Fsp3) is 0.857. The first-order valence-electron chi connectivity index (χ1n) is 7.21. The van der Waals surface area contributed by atoms with Crippen molar-refractivity contribution in [3.63, 3.8) is 0 Å². The Morgan fingerprint density at radius 3 is 2.32 bits per heavy atom. The Bertz CT molecular complexity index is 323. The summed E-state index contributed by atoms with van der Waals surface area (Å²) in [5, 5.41) is 12.2. The van der Waals surface area contributed by atoms with Gasteiger partial charge in [0.2, 0.25) is 0 Å². The van der Waals surface area contributed by atoms with Crippen LogP contribution in [0.1, 0.15) is 46.5 Å². The summed E-state index contributed by atoms with van der Waals surface area (Å²) in [4.78, 5) is 25.0. The number of hydrogen-bond acceptors (Lipinski definition) is 2. The Hall–Kier alpha value is -1.26. The van der Waals surface area contributed by atoms with Crippen LogP contribution in [0.2, 0.25) is 0 Å². The standard InChI is InChI=1S/C14H26N2O3/c1-4-11(3)10-15-13(19)16-8-6-14(5-2,7-9-16)12(17)18/h11H,4-10H2,1-3H3,(H,15,19)(H,17,18). The van der Waals surface area contributed by atoms with Crippen LogP contribution in [0, 0.1) is 11.3 Å². The molecule has 2 amide bonds. The van der Waals surface area contributed by atoms with Crippen molar-refractivity contribution in [2.45, 2.75) is 46.5 Å². The Labute approximate surface area is 115 Å². The van der Waals surface area contributed by atoms with E-state index < -0.39 is 11.4 Å². The van der Waals surface area contributed by atoms with Crippen molar-refractivity contribution in [1.82, 2.24) is 10.2 Å². The molecule has 1 atom stereocenters. The molecule has 19 heavy (non-hydrogen) atoms. The Balaban J connectivity index is 2.45. The van der Waals surface area contributed by atoms with E-state index in [9.17, 15) is 14.7 Å². The van der Waals surface area contributed by atoms with Crippen molar-refractivity contribution in [3.05, 3.63) is 0 Å². The maximum atomic E-state index is 12.0. The normalized spacial score (nSPS) is 19.8. The van der Waals surface area contributed by atoms with Crippen LogP contribution in [0.5, 0.6) is 0 Å². The molecule has 0 bridgehead atoms. The van der Waals surface area contributed by atoms with E-state index in [4.69, 9.17) is 0 Å². The van der Waals surface area contributed by atoms with Crippen LogP contribution in [-0.2, 0) is 4.79 Å². The van der Waals surface area contributed by atoms with Gasteiger partial charge in [-0.25, -0.2) is 4.79 Å². The van der Waals surface area contributed by atoms with Crippen molar-refractivity contribution in [2.75, 3.05) is 19.6 Å². The van der Waals surface area contributed by atoms with E-state index >= 15 is 0 Å². The maximum Gasteiger partial charge on any atom is 0.317 e. The van der Waals surface area contributed by atoms with Crippen LogP contribution in [0.15, 0.2) is 0 Å². The fourth-order valence-electron chi connectivity index (χ4n) is 2.37. The lowest BCUT2D eigenvalue weighted by Gasteiger charge is -2.38. The lowest BCUT2D eigenvalue weighted by atomic mass is 9.76. The minimum atomic E-state index is -0.727. The molecule has 0 radical (unpaired) electrons. The number of urea groups is 1. The zero-order chi connectivity index (χ0) is 14.5. The van der Waals surface area contributed by atoms with Crippen LogP contribution in [0.25, 0.3) is 0 Å². The molecular formula is C14H26N2O3. The van der Waals surface area contributed by atoms with Gasteiger partial charge in [-0.05, 0) is 25.2 Å². The number of nitrogens with zero attached hydrogens (tertiary/aromatic N) is 1. The molecule has 0 spiro atoms. The molecule has 1 saturated heterocycles. The number of nitrogens with one attached hydrogen (secondary N) is 1. The third kappa shape index (κ3) is 3.85.